The van der Waals surface area contributed by atoms with Gasteiger partial charge in [-0.3, -0.25) is 4.79 Å². The van der Waals surface area contributed by atoms with Crippen LogP contribution >= 0.6 is 0 Å². The molecule has 27 atom stereocenters. The minimum absolute atomic E-state index is 0.0583. The van der Waals surface area contributed by atoms with E-state index in [0.717, 1.165) is 5.57 Å². The van der Waals surface area contributed by atoms with Crippen LogP contribution in [0.15, 0.2) is 11.6 Å². The van der Waals surface area contributed by atoms with Crippen LogP contribution in [0.1, 0.15) is 100 Å². The summed E-state index contributed by atoms with van der Waals surface area (Å²) in [6.07, 6.45) is -22.4. The molecule has 3 heterocycles. The molecule has 0 aromatic carbocycles. The van der Waals surface area contributed by atoms with Gasteiger partial charge in [0.25, 0.3) is 0 Å². The summed E-state index contributed by atoms with van der Waals surface area (Å²) in [5.74, 6) is -1.62. The van der Waals surface area contributed by atoms with Crippen molar-refractivity contribution in [3.63, 3.8) is 0 Å². The zero-order chi connectivity index (χ0) is 50.9. The third kappa shape index (κ3) is 8.12. The fraction of sp³-hybridized carbons (Fsp3) is 0.939. The number of rotatable bonds is 9. The van der Waals surface area contributed by atoms with Gasteiger partial charge in [0.15, 0.2) is 12.6 Å². The van der Waals surface area contributed by atoms with Gasteiger partial charge in [0.05, 0.1) is 49.7 Å². The highest BCUT2D eigenvalue weighted by Gasteiger charge is 2.73. The van der Waals surface area contributed by atoms with Crippen LogP contribution < -0.4 is 0 Å². The zero-order valence-corrected chi connectivity index (χ0v) is 41.0. The molecule has 20 heteroatoms. The van der Waals surface area contributed by atoms with Gasteiger partial charge in [0, 0.05) is 11.3 Å². The van der Waals surface area contributed by atoms with Gasteiger partial charge in [-0.2, -0.15) is 0 Å². The molecule has 13 N–H and O–H groups in total. The summed E-state index contributed by atoms with van der Waals surface area (Å²) in [5.41, 5.74) is -3.13. The molecule has 3 aliphatic heterocycles. The number of aliphatic hydroxyl groups excluding tert-OH is 13. The van der Waals surface area contributed by atoms with Crippen LogP contribution in [0.25, 0.3) is 0 Å². The summed E-state index contributed by atoms with van der Waals surface area (Å²) < 4.78 is 34.7. The highest BCUT2D eigenvalue weighted by Crippen LogP contribution is 2.76. The normalized spacial score (nSPS) is 56.2. The monoisotopic (exact) mass is 989 g/mol. The Bertz CT molecular complexity index is 1900. The van der Waals surface area contributed by atoms with E-state index in [9.17, 15) is 66.4 Å². The molecule has 3 saturated heterocycles. The highest BCUT2D eigenvalue weighted by molar-refractivity contribution is 5.79. The van der Waals surface area contributed by atoms with Crippen LogP contribution in [-0.2, 0) is 33.2 Å². The van der Waals surface area contributed by atoms with Crippen molar-refractivity contribution in [3.8, 4) is 0 Å². The zero-order valence-electron chi connectivity index (χ0n) is 41.0. The summed E-state index contributed by atoms with van der Waals surface area (Å²) in [5, 5.41) is 142. The van der Waals surface area contributed by atoms with Crippen molar-refractivity contribution in [2.45, 2.75) is 211 Å². The molecule has 20 nitrogen and oxygen atoms in total. The molecule has 5 aliphatic carbocycles. The van der Waals surface area contributed by atoms with E-state index in [1.807, 2.05) is 0 Å². The summed E-state index contributed by atoms with van der Waals surface area (Å²) in [7, 11) is 0. The lowest BCUT2D eigenvalue weighted by Gasteiger charge is -2.72. The molecule has 0 amide bonds. The van der Waals surface area contributed by atoms with E-state index in [4.69, 9.17) is 28.4 Å². The van der Waals surface area contributed by atoms with Crippen molar-refractivity contribution in [2.24, 2.45) is 56.2 Å². The van der Waals surface area contributed by atoms with Gasteiger partial charge in [-0.1, -0.05) is 60.1 Å². The first kappa shape index (κ1) is 53.8. The molecule has 69 heavy (non-hydrogen) atoms. The van der Waals surface area contributed by atoms with Crippen molar-refractivity contribution in [2.75, 3.05) is 19.8 Å². The van der Waals surface area contributed by atoms with Crippen molar-refractivity contribution < 1.29 is 99.6 Å². The quantitative estimate of drug-likeness (QED) is 0.0907. The summed E-state index contributed by atoms with van der Waals surface area (Å²) >= 11 is 0. The smallest absolute Gasteiger partial charge is 0.315 e. The second-order valence-corrected chi connectivity index (χ2v) is 24.0. The molecule has 0 spiro atoms. The molecule has 396 valence electrons. The summed E-state index contributed by atoms with van der Waals surface area (Å²) in [4.78, 5) is 15.1. The third-order valence-electron chi connectivity index (χ3n) is 20.1. The molecular weight excluding hydrogens is 909 g/mol. The molecule has 8 unspecified atom stereocenters. The second kappa shape index (κ2) is 18.7. The van der Waals surface area contributed by atoms with Gasteiger partial charge in [-0.15, -0.1) is 0 Å². The minimum atomic E-state index is -1.89. The van der Waals surface area contributed by atoms with E-state index < -0.39 is 169 Å². The lowest BCUT2D eigenvalue weighted by Crippen LogP contribution is -2.71. The fourth-order valence-electron chi connectivity index (χ4n) is 15.5. The van der Waals surface area contributed by atoms with Crippen LogP contribution in [0.4, 0.5) is 0 Å². The Labute approximate surface area is 403 Å². The van der Waals surface area contributed by atoms with Crippen molar-refractivity contribution in [3.05, 3.63) is 11.6 Å². The largest absolute Gasteiger partial charge is 0.432 e. The molecular formula is C49H80O20. The molecule has 0 bridgehead atoms. The first-order chi connectivity index (χ1) is 32.1. The highest BCUT2D eigenvalue weighted by atomic mass is 16.8. The van der Waals surface area contributed by atoms with Crippen molar-refractivity contribution >= 4 is 5.97 Å². The van der Waals surface area contributed by atoms with E-state index >= 15 is 4.79 Å². The van der Waals surface area contributed by atoms with Gasteiger partial charge in [0.1, 0.15) is 67.1 Å². The van der Waals surface area contributed by atoms with Gasteiger partial charge in [0.2, 0.25) is 6.29 Å². The summed E-state index contributed by atoms with van der Waals surface area (Å²) in [6.45, 7) is 14.3. The molecule has 0 radical (unpaired) electrons. The maximum atomic E-state index is 15.1. The van der Waals surface area contributed by atoms with Gasteiger partial charge < -0.3 is 94.8 Å². The first-order valence-electron chi connectivity index (χ1n) is 25.0. The maximum absolute atomic E-state index is 15.1. The SMILES string of the molecule is CC1C2C3=CCC4C5(C)C[C@@H](O)C(O)[C@@](C)(CO)[C@@H]5C(O)CC4(C)[C@]3(C)CCC2(C(=O)O[C@@H]2O[C@H](CO[C@@H]3O[C@H](CO)[C@@H](O[C@@H]4O[C@@H](C)[C@H](O)[C@@H](O)[C@H]4O)[C@H](O)[C@H]3O)[C@@H](O)[C@H](O)[C@H]2O)CCC1(C)C. The van der Waals surface area contributed by atoms with Crippen molar-refractivity contribution in [1.82, 2.24) is 0 Å². The van der Waals surface area contributed by atoms with Crippen LogP contribution in [-0.4, -0.2) is 203 Å². The lowest BCUT2D eigenvalue weighted by molar-refractivity contribution is -0.361. The van der Waals surface area contributed by atoms with Crippen LogP contribution in [0.2, 0.25) is 0 Å². The van der Waals surface area contributed by atoms with Gasteiger partial charge in [-0.05, 0) is 91.3 Å². The average molecular weight is 989 g/mol. The number of carbonyl (C=O) groups is 1. The number of carbonyl (C=O) groups excluding carboxylic acids is 1. The number of aliphatic hydroxyl groups is 13. The predicted molar refractivity (Wildman–Crippen MR) is 237 cm³/mol. The van der Waals surface area contributed by atoms with E-state index in [1.165, 1.54) is 6.92 Å². The standard InChI is InChI=1S/C49H80O20/c1-20-28-22-9-10-27-45(5)15-24(53)39(62)46(6,19-51)38(45)23(52)16-48(27,8)47(22,7)12-14-49(28,13-11-44(20,3)4)43(63)69-42-35(60)32(57)30(55)26(67-42)18-64-40-36(61)33(58)37(25(17-50)66-40)68-41-34(59)31(56)29(54)21(2)65-41/h9,20-21,23-42,50-62H,10-19H2,1-8H3/t20?,21-,23?,24+,25+,26+,27?,28?,29-,30+,31+,32-,33+,34+,35+,36+,37+,38+,39?,40+,41-,42-,45?,46-,47+,48?,49?/m0/s1. The Morgan fingerprint density at radius 2 is 1.29 bits per heavy atom. The molecule has 0 aromatic rings. The average Bonchev–Trinajstić information content (AvgIpc) is 3.29. The van der Waals surface area contributed by atoms with E-state index in [-0.39, 0.29) is 29.6 Å². The predicted octanol–water partition coefficient (Wildman–Crippen LogP) is -1.67. The van der Waals surface area contributed by atoms with Crippen molar-refractivity contribution in [1.29, 1.82) is 0 Å². The molecule has 0 aromatic heterocycles. The van der Waals surface area contributed by atoms with Crippen LogP contribution in [0.5, 0.6) is 0 Å². The lowest BCUT2D eigenvalue weighted by atomic mass is 9.32. The maximum Gasteiger partial charge on any atom is 0.315 e. The Balaban J connectivity index is 1.01. The Morgan fingerprint density at radius 1 is 0.681 bits per heavy atom. The van der Waals surface area contributed by atoms with E-state index in [0.29, 0.717) is 38.5 Å². The number of ether oxygens (including phenoxy) is 6. The Kier molecular flexibility index (Phi) is 14.6. The Hall–Kier alpha value is -1.51. The number of esters is 1. The third-order valence-corrected chi connectivity index (χ3v) is 20.1. The number of hydrogen-bond donors (Lipinski definition) is 13. The number of hydrogen-bond acceptors (Lipinski definition) is 20. The minimum Gasteiger partial charge on any atom is -0.432 e. The Morgan fingerprint density at radius 3 is 1.94 bits per heavy atom. The van der Waals surface area contributed by atoms with Crippen LogP contribution in [0, 0.1) is 56.2 Å². The number of allylic oxidation sites excluding steroid dienone is 2. The molecule has 8 rings (SSSR count). The molecule has 8 aliphatic rings. The molecule has 7 fully saturated rings. The summed E-state index contributed by atoms with van der Waals surface area (Å²) in [6, 6.07) is 0. The number of fused-ring (bicyclic) bond motifs is 7. The van der Waals surface area contributed by atoms with E-state index in [2.05, 4.69) is 47.6 Å². The second-order valence-electron chi connectivity index (χ2n) is 24.0. The van der Waals surface area contributed by atoms with Crippen LogP contribution in [0.3, 0.4) is 0 Å². The van der Waals surface area contributed by atoms with Gasteiger partial charge in [-0.25, -0.2) is 0 Å². The van der Waals surface area contributed by atoms with Gasteiger partial charge >= 0.3 is 5.97 Å². The van der Waals surface area contributed by atoms with E-state index in [1.54, 1.807) is 6.92 Å². The fourth-order valence-corrected chi connectivity index (χ4v) is 15.5. The molecule has 4 saturated carbocycles. The topological polar surface area (TPSA) is 335 Å². The first-order valence-corrected chi connectivity index (χ1v) is 25.0.